The normalized spacial score (nSPS) is 42.2. The molecule has 6 fully saturated rings. The van der Waals surface area contributed by atoms with Crippen LogP contribution in [0.4, 0.5) is 0 Å². The van der Waals surface area contributed by atoms with E-state index in [9.17, 15) is 0 Å². The highest BCUT2D eigenvalue weighted by Gasteiger charge is 2.61. The molecule has 0 radical (unpaired) electrons. The minimum atomic E-state index is -1.39. The molecule has 0 amide bonds. The first-order chi connectivity index (χ1) is 46.0. The van der Waals surface area contributed by atoms with Crippen LogP contribution in [0.1, 0.15) is 13.8 Å². The van der Waals surface area contributed by atoms with Gasteiger partial charge in [-0.3, -0.25) is 0 Å². The Balaban J connectivity index is 1.48. The average Bonchev–Trinajstić information content (AvgIpc) is 0.778. The molecule has 6 rings (SSSR count). The summed E-state index contributed by atoms with van der Waals surface area (Å²) in [6, 6.07) is 0. The molecule has 0 spiro atoms. The van der Waals surface area contributed by atoms with Crippen molar-refractivity contribution >= 4 is 0 Å². The summed E-state index contributed by atoms with van der Waals surface area (Å²) >= 11 is 0. The fourth-order valence-electron chi connectivity index (χ4n) is 13.9. The second-order valence-corrected chi connectivity index (χ2v) is 23.7. The predicted octanol–water partition coefficient (Wildman–Crippen LogP) is -0.208. The van der Waals surface area contributed by atoms with E-state index in [0.717, 1.165) is 0 Å². The molecule has 32 atom stereocenters. The lowest BCUT2D eigenvalue weighted by Gasteiger charge is -2.53. The van der Waals surface area contributed by atoms with Crippen molar-refractivity contribution in [3.05, 3.63) is 0 Å². The second kappa shape index (κ2) is 41.1. The van der Waals surface area contributed by atoms with Gasteiger partial charge in [0.15, 0.2) is 37.7 Å². The Labute approximate surface area is 560 Å². The molecule has 0 aliphatic carbocycles. The third-order valence-corrected chi connectivity index (χ3v) is 18.6. The van der Waals surface area contributed by atoms with Crippen LogP contribution < -0.4 is 0 Å². The van der Waals surface area contributed by atoms with Gasteiger partial charge in [0.25, 0.3) is 0 Å². The van der Waals surface area contributed by atoms with Crippen LogP contribution in [0.25, 0.3) is 0 Å². The van der Waals surface area contributed by atoms with E-state index in [1.54, 1.807) is 77.8 Å². The Morgan fingerprint density at radius 2 is 0.537 bits per heavy atom. The van der Waals surface area contributed by atoms with Gasteiger partial charge in [-0.05, 0) is 13.8 Å². The highest BCUT2D eigenvalue weighted by atomic mass is 16.8. The Hall–Kier alpha value is -1.32. The summed E-state index contributed by atoms with van der Waals surface area (Å²) in [6.45, 7) is 3.75. The Bertz CT molecular complexity index is 2070. The van der Waals surface area contributed by atoms with E-state index >= 15 is 0 Å². The summed E-state index contributed by atoms with van der Waals surface area (Å²) in [6.07, 6.45) is -30.0. The summed E-state index contributed by atoms with van der Waals surface area (Å²) in [5, 5.41) is 0. The summed E-state index contributed by atoms with van der Waals surface area (Å²) in [5.41, 5.74) is -1.31. The number of ether oxygens (including phenoxy) is 33. The molecule has 6 heterocycles. The Morgan fingerprint density at radius 1 is 0.263 bits per heavy atom. The zero-order valence-electron chi connectivity index (χ0n) is 59.8. The average molecular weight is 1390 g/mol. The van der Waals surface area contributed by atoms with E-state index in [4.69, 9.17) is 156 Å². The van der Waals surface area contributed by atoms with Gasteiger partial charge in [-0.2, -0.15) is 0 Å². The molecule has 95 heavy (non-hydrogen) atoms. The van der Waals surface area contributed by atoms with Crippen LogP contribution in [0.5, 0.6) is 0 Å². The molecule has 0 bridgehead atoms. The third kappa shape index (κ3) is 18.9. The molecular formula is C62H114O33. The maximum Gasteiger partial charge on any atom is 0.187 e. The Kier molecular flexibility index (Phi) is 35.7. The van der Waals surface area contributed by atoms with Gasteiger partial charge in [0.05, 0.1) is 58.5 Å². The van der Waals surface area contributed by atoms with E-state index in [1.165, 1.54) is 85.3 Å². The molecule has 0 aromatic rings. The standard InChI is InChI=1S/C62H114O33/c1-31-38(91-61-54(48(78-18)43(73-13)36(90-61)27-66-6)94-59-52(81-21)46(76-16)41(71-11)34(88-59)25-64-4)44(74-14)50(79-19)57(86-31)92-39-32(2)85-56(84-30-62(83-23,29-68-8)37(69-9)28-67-7)55(95-60-53(82-22)47(77-17)42(72-12)35(89-60)26-65-5)49(39)93-58-51(80-20)45(75-15)40(70-10)33(87-58)24-63-3/h31-61H,24-30H2,1-23H3/t31-,32-,33+,34+,35+,36+,37-,38+,39-,40-,41-,42-,43+,44+,45-,46-,47-,48-,49+,50-,51+,52+,53+,54+,55+,56-,57+,58-,59-,60-,61-,62+/m0/s1. The summed E-state index contributed by atoms with van der Waals surface area (Å²) in [5.74, 6) is 0. The van der Waals surface area contributed by atoms with Gasteiger partial charge in [0.1, 0.15) is 146 Å². The highest BCUT2D eigenvalue weighted by Crippen LogP contribution is 2.42. The van der Waals surface area contributed by atoms with Crippen molar-refractivity contribution in [3.63, 3.8) is 0 Å². The molecule has 0 aromatic heterocycles. The monoisotopic (exact) mass is 1390 g/mol. The van der Waals surface area contributed by atoms with Crippen molar-refractivity contribution in [2.45, 2.75) is 210 Å². The molecule has 6 aliphatic rings. The SMILES string of the molecule is COC[C@H](OC)[C@@](COC)(CO[C@H]1O[C@@H](C)[C@H](O[C@H]2O[C@@H](C)[C@@H](O[C@@H]3O[C@H](COC)[C@@H](OC)[C@H](OC)[C@H]3O[C@@H]3O[C@H](COC)[C@H](OC)[C@H](OC)[C@H]3OC)[C@@H](OC)[C@@H]2OC)[C@@H](O[C@@H]2O[C@H](COC)[C@H](OC)[C@H](OC)[C@H]2OC)[C@H]1O[C@@H]1O[C@H](COC)[C@H](OC)[C@H](OC)[C@H]1OC)OC. The molecule has 33 heteroatoms. The van der Waals surface area contributed by atoms with Crippen LogP contribution >= 0.6 is 0 Å². The van der Waals surface area contributed by atoms with Gasteiger partial charge in [0, 0.05) is 149 Å². The van der Waals surface area contributed by atoms with Gasteiger partial charge in [-0.1, -0.05) is 0 Å². The van der Waals surface area contributed by atoms with Gasteiger partial charge in [0.2, 0.25) is 0 Å². The van der Waals surface area contributed by atoms with Crippen LogP contribution in [0.3, 0.4) is 0 Å². The summed E-state index contributed by atoms with van der Waals surface area (Å²) in [7, 11) is 32.2. The minimum Gasteiger partial charge on any atom is -0.382 e. The number of hydrogen-bond acceptors (Lipinski definition) is 33. The molecule has 0 aromatic carbocycles. The van der Waals surface area contributed by atoms with Gasteiger partial charge < -0.3 is 156 Å². The van der Waals surface area contributed by atoms with Gasteiger partial charge in [-0.15, -0.1) is 0 Å². The third-order valence-electron chi connectivity index (χ3n) is 18.6. The molecule has 0 N–H and O–H groups in total. The first kappa shape index (κ1) is 82.6. The van der Waals surface area contributed by atoms with Crippen molar-refractivity contribution in [2.24, 2.45) is 0 Å². The second-order valence-electron chi connectivity index (χ2n) is 23.7. The maximum atomic E-state index is 7.39. The molecule has 0 unspecified atom stereocenters. The molecule has 33 nitrogen and oxygen atoms in total. The van der Waals surface area contributed by atoms with Crippen molar-refractivity contribution < 1.29 is 156 Å². The lowest BCUT2D eigenvalue weighted by molar-refractivity contribution is -0.416. The van der Waals surface area contributed by atoms with Crippen molar-refractivity contribution in [1.29, 1.82) is 0 Å². The quantitative estimate of drug-likeness (QED) is 0.0765. The van der Waals surface area contributed by atoms with Crippen LogP contribution in [0.15, 0.2) is 0 Å². The summed E-state index contributed by atoms with van der Waals surface area (Å²) < 4.78 is 210. The topological polar surface area (TPSA) is 305 Å². The van der Waals surface area contributed by atoms with Crippen LogP contribution in [0, 0.1) is 0 Å². The van der Waals surface area contributed by atoms with E-state index in [-0.39, 0.29) is 46.2 Å². The number of methoxy groups -OCH3 is 21. The van der Waals surface area contributed by atoms with Crippen molar-refractivity contribution in [2.75, 3.05) is 196 Å². The first-order valence-corrected chi connectivity index (χ1v) is 31.7. The number of hydrogen-bond donors (Lipinski definition) is 0. The largest absolute Gasteiger partial charge is 0.382 e. The van der Waals surface area contributed by atoms with E-state index in [1.807, 2.05) is 0 Å². The molecular weight excluding hydrogens is 1270 g/mol. The van der Waals surface area contributed by atoms with Crippen LogP contribution in [-0.2, 0) is 156 Å². The fourth-order valence-corrected chi connectivity index (χ4v) is 13.9. The predicted molar refractivity (Wildman–Crippen MR) is 326 cm³/mol. The van der Waals surface area contributed by atoms with E-state index in [2.05, 4.69) is 0 Å². The lowest BCUT2D eigenvalue weighted by Crippen LogP contribution is -2.69. The summed E-state index contributed by atoms with van der Waals surface area (Å²) in [4.78, 5) is 0. The maximum absolute atomic E-state index is 7.39. The highest BCUT2D eigenvalue weighted by molar-refractivity contribution is 5.03. The minimum absolute atomic E-state index is 0.0151. The Morgan fingerprint density at radius 3 is 0.842 bits per heavy atom. The zero-order valence-corrected chi connectivity index (χ0v) is 59.8. The fraction of sp³-hybridized carbons (Fsp3) is 1.00. The van der Waals surface area contributed by atoms with Gasteiger partial charge in [-0.25, -0.2) is 0 Å². The van der Waals surface area contributed by atoms with Crippen molar-refractivity contribution in [1.82, 2.24) is 0 Å². The molecule has 6 saturated heterocycles. The van der Waals surface area contributed by atoms with E-state index < -0.39 is 196 Å². The smallest absolute Gasteiger partial charge is 0.187 e. The van der Waals surface area contributed by atoms with E-state index in [0.29, 0.717) is 0 Å². The lowest BCUT2D eigenvalue weighted by atomic mass is 9.94. The molecule has 6 aliphatic heterocycles. The molecule has 560 valence electrons. The zero-order chi connectivity index (χ0) is 69.7. The molecule has 0 saturated carbocycles. The first-order valence-electron chi connectivity index (χ1n) is 31.7. The van der Waals surface area contributed by atoms with Gasteiger partial charge >= 0.3 is 0 Å². The number of rotatable bonds is 41. The van der Waals surface area contributed by atoms with Crippen molar-refractivity contribution in [3.8, 4) is 0 Å². The van der Waals surface area contributed by atoms with Crippen LogP contribution in [-0.4, -0.2) is 391 Å². The van der Waals surface area contributed by atoms with Crippen LogP contribution in [0.2, 0.25) is 0 Å².